The third kappa shape index (κ3) is 2.55. The van der Waals surface area contributed by atoms with Crippen molar-refractivity contribution in [2.75, 3.05) is 14.2 Å². The topological polar surface area (TPSA) is 89.1 Å². The van der Waals surface area contributed by atoms with Crippen molar-refractivity contribution in [3.8, 4) is 34.1 Å². The molecule has 0 saturated heterocycles. The zero-order chi connectivity index (χ0) is 16.6. The van der Waals surface area contributed by atoms with Crippen LogP contribution in [-0.4, -0.2) is 24.4 Å². The number of hydrogen-bond acceptors (Lipinski definition) is 6. The number of ether oxygens (including phenoxy) is 2. The number of phenols is 2. The molecule has 0 saturated carbocycles. The summed E-state index contributed by atoms with van der Waals surface area (Å²) < 4.78 is 15.5. The highest BCUT2D eigenvalue weighted by Gasteiger charge is 2.13. The normalized spacial score (nSPS) is 10.7. The van der Waals surface area contributed by atoms with Gasteiger partial charge in [-0.15, -0.1) is 0 Å². The fourth-order valence-corrected chi connectivity index (χ4v) is 2.43. The summed E-state index contributed by atoms with van der Waals surface area (Å²) >= 11 is 0. The molecule has 0 aliphatic rings. The molecular weight excluding hydrogens is 300 g/mol. The van der Waals surface area contributed by atoms with E-state index in [1.807, 2.05) is 0 Å². The number of benzene rings is 2. The van der Waals surface area contributed by atoms with Crippen molar-refractivity contribution < 1.29 is 24.1 Å². The van der Waals surface area contributed by atoms with Gasteiger partial charge in [0.1, 0.15) is 5.58 Å². The second-order valence-electron chi connectivity index (χ2n) is 4.89. The molecule has 0 amide bonds. The van der Waals surface area contributed by atoms with Crippen LogP contribution in [0.15, 0.2) is 45.6 Å². The zero-order valence-electron chi connectivity index (χ0n) is 12.5. The van der Waals surface area contributed by atoms with Crippen LogP contribution >= 0.6 is 0 Å². The molecule has 6 nitrogen and oxygen atoms in total. The van der Waals surface area contributed by atoms with Crippen molar-refractivity contribution >= 4 is 11.0 Å². The average molecular weight is 314 g/mol. The van der Waals surface area contributed by atoms with E-state index in [2.05, 4.69) is 0 Å². The molecular formula is C17H14O6. The van der Waals surface area contributed by atoms with Crippen molar-refractivity contribution in [1.29, 1.82) is 0 Å². The van der Waals surface area contributed by atoms with Gasteiger partial charge in [0.25, 0.3) is 0 Å². The molecule has 0 radical (unpaired) electrons. The lowest BCUT2D eigenvalue weighted by atomic mass is 10.0. The van der Waals surface area contributed by atoms with E-state index in [1.165, 1.54) is 32.4 Å². The van der Waals surface area contributed by atoms with E-state index >= 15 is 0 Å². The van der Waals surface area contributed by atoms with E-state index in [-0.39, 0.29) is 17.1 Å². The fourth-order valence-electron chi connectivity index (χ4n) is 2.43. The highest BCUT2D eigenvalue weighted by molar-refractivity contribution is 5.95. The van der Waals surface area contributed by atoms with Gasteiger partial charge < -0.3 is 24.1 Å². The Bertz CT molecular complexity index is 942. The summed E-state index contributed by atoms with van der Waals surface area (Å²) in [7, 11) is 3.05. The monoisotopic (exact) mass is 314 g/mol. The molecule has 0 atom stereocenters. The largest absolute Gasteiger partial charge is 0.504 e. The minimum atomic E-state index is -0.563. The lowest BCUT2D eigenvalue weighted by Gasteiger charge is -2.11. The van der Waals surface area contributed by atoms with Crippen molar-refractivity contribution in [2.45, 2.75) is 0 Å². The Labute approximate surface area is 131 Å². The zero-order valence-corrected chi connectivity index (χ0v) is 12.5. The summed E-state index contributed by atoms with van der Waals surface area (Å²) in [5.74, 6) is 0.414. The molecule has 2 N–H and O–H groups in total. The van der Waals surface area contributed by atoms with E-state index in [9.17, 15) is 15.0 Å². The van der Waals surface area contributed by atoms with Crippen LogP contribution in [0.3, 0.4) is 0 Å². The van der Waals surface area contributed by atoms with Crippen LogP contribution in [0, 0.1) is 0 Å². The Hall–Kier alpha value is -3.15. The van der Waals surface area contributed by atoms with Gasteiger partial charge >= 0.3 is 5.63 Å². The molecule has 6 heteroatoms. The highest BCUT2D eigenvalue weighted by Crippen LogP contribution is 2.37. The number of phenolic OH excluding ortho intramolecular Hbond substituents is 2. The summed E-state index contributed by atoms with van der Waals surface area (Å²) in [6.45, 7) is 0. The number of hydrogen-bond donors (Lipinski definition) is 2. The summed E-state index contributed by atoms with van der Waals surface area (Å²) in [6, 6.07) is 9.07. The molecule has 0 unspecified atom stereocenters. The van der Waals surface area contributed by atoms with E-state index in [4.69, 9.17) is 13.9 Å². The molecule has 23 heavy (non-hydrogen) atoms. The SMILES string of the molecule is COc1ccc(-c2cc(=O)oc3cc(O)c(O)cc23)cc1OC. The van der Waals surface area contributed by atoms with Crippen LogP contribution in [-0.2, 0) is 0 Å². The lowest BCUT2D eigenvalue weighted by molar-refractivity contribution is 0.355. The first-order valence-electron chi connectivity index (χ1n) is 6.75. The molecule has 0 aliphatic heterocycles. The summed E-state index contributed by atoms with van der Waals surface area (Å²) in [5, 5.41) is 19.8. The predicted octanol–water partition coefficient (Wildman–Crippen LogP) is 2.89. The highest BCUT2D eigenvalue weighted by atomic mass is 16.5. The van der Waals surface area contributed by atoms with Gasteiger partial charge in [0, 0.05) is 23.1 Å². The quantitative estimate of drug-likeness (QED) is 0.571. The maximum atomic E-state index is 11.8. The van der Waals surface area contributed by atoms with E-state index in [1.54, 1.807) is 18.2 Å². The second-order valence-corrected chi connectivity index (χ2v) is 4.89. The molecule has 118 valence electrons. The van der Waals surface area contributed by atoms with Gasteiger partial charge in [-0.05, 0) is 23.8 Å². The average Bonchev–Trinajstić information content (AvgIpc) is 2.55. The van der Waals surface area contributed by atoms with Crippen molar-refractivity contribution in [1.82, 2.24) is 0 Å². The summed E-state index contributed by atoms with van der Waals surface area (Å²) in [5.41, 5.74) is 0.850. The maximum absolute atomic E-state index is 11.8. The maximum Gasteiger partial charge on any atom is 0.336 e. The van der Waals surface area contributed by atoms with Crippen LogP contribution in [0.25, 0.3) is 22.1 Å². The minimum absolute atomic E-state index is 0.178. The molecule has 1 aromatic heterocycles. The standard InChI is InChI=1S/C17H14O6/c1-21-14-4-3-9(5-16(14)22-2)10-7-17(20)23-15-8-13(19)12(18)6-11(10)15/h3-8,18-19H,1-2H3. The molecule has 2 aromatic carbocycles. The number of fused-ring (bicyclic) bond motifs is 1. The van der Waals surface area contributed by atoms with Gasteiger partial charge in [-0.3, -0.25) is 0 Å². The lowest BCUT2D eigenvalue weighted by Crippen LogP contribution is -1.98. The van der Waals surface area contributed by atoms with Crippen molar-refractivity contribution in [2.24, 2.45) is 0 Å². The van der Waals surface area contributed by atoms with Crippen LogP contribution < -0.4 is 15.1 Å². The second kappa shape index (κ2) is 5.57. The fraction of sp³-hybridized carbons (Fsp3) is 0.118. The molecule has 0 aliphatic carbocycles. The van der Waals surface area contributed by atoms with Crippen molar-refractivity contribution in [3.05, 3.63) is 46.8 Å². The van der Waals surface area contributed by atoms with Gasteiger partial charge in [0.15, 0.2) is 23.0 Å². The first-order valence-corrected chi connectivity index (χ1v) is 6.75. The van der Waals surface area contributed by atoms with Crippen LogP contribution in [0.1, 0.15) is 0 Å². The molecule has 0 fully saturated rings. The third-order valence-corrected chi connectivity index (χ3v) is 3.53. The van der Waals surface area contributed by atoms with Gasteiger partial charge in [0.2, 0.25) is 0 Å². The summed E-state index contributed by atoms with van der Waals surface area (Å²) in [4.78, 5) is 11.8. The Morgan fingerprint density at radius 2 is 1.61 bits per heavy atom. The van der Waals surface area contributed by atoms with Gasteiger partial charge in [-0.1, -0.05) is 6.07 Å². The molecule has 1 heterocycles. The Morgan fingerprint density at radius 3 is 2.30 bits per heavy atom. The van der Waals surface area contributed by atoms with Crippen LogP contribution in [0.4, 0.5) is 0 Å². The van der Waals surface area contributed by atoms with Gasteiger partial charge in [-0.2, -0.15) is 0 Å². The Balaban J connectivity index is 2.31. The van der Waals surface area contributed by atoms with E-state index in [0.717, 1.165) is 0 Å². The van der Waals surface area contributed by atoms with Crippen LogP contribution in [0.5, 0.6) is 23.0 Å². The molecule has 0 spiro atoms. The number of rotatable bonds is 3. The molecule has 3 rings (SSSR count). The Morgan fingerprint density at radius 1 is 0.913 bits per heavy atom. The van der Waals surface area contributed by atoms with Gasteiger partial charge in [-0.25, -0.2) is 4.79 Å². The van der Waals surface area contributed by atoms with Crippen molar-refractivity contribution in [3.63, 3.8) is 0 Å². The molecule has 3 aromatic rings. The van der Waals surface area contributed by atoms with Crippen LogP contribution in [0.2, 0.25) is 0 Å². The smallest absolute Gasteiger partial charge is 0.336 e. The first-order chi connectivity index (χ1) is 11.0. The number of methoxy groups -OCH3 is 2. The molecule has 0 bridgehead atoms. The first kappa shape index (κ1) is 14.8. The van der Waals surface area contributed by atoms with E-state index < -0.39 is 5.63 Å². The van der Waals surface area contributed by atoms with Gasteiger partial charge in [0.05, 0.1) is 14.2 Å². The van der Waals surface area contributed by atoms with E-state index in [0.29, 0.717) is 28.0 Å². The minimum Gasteiger partial charge on any atom is -0.504 e. The Kier molecular flexibility index (Phi) is 3.57. The third-order valence-electron chi connectivity index (χ3n) is 3.53. The predicted molar refractivity (Wildman–Crippen MR) is 84.4 cm³/mol. The number of aromatic hydroxyl groups is 2. The summed E-state index contributed by atoms with van der Waals surface area (Å²) in [6.07, 6.45) is 0.